The van der Waals surface area contributed by atoms with Crippen LogP contribution in [0.5, 0.6) is 0 Å². The van der Waals surface area contributed by atoms with E-state index in [9.17, 15) is 0 Å². The maximum absolute atomic E-state index is 6.05. The average Bonchev–Trinajstić information content (AvgIpc) is 2.56. The molecule has 2 aromatic rings. The molecule has 16 heavy (non-hydrogen) atoms. The molecule has 0 amide bonds. The minimum atomic E-state index is 0.209. The minimum absolute atomic E-state index is 0.209. The summed E-state index contributed by atoms with van der Waals surface area (Å²) in [5.74, 6) is 0.629. The molecule has 0 aromatic carbocycles. The van der Waals surface area contributed by atoms with E-state index >= 15 is 0 Å². The molecule has 0 saturated heterocycles. The maximum atomic E-state index is 6.05. The molecule has 1 aliphatic carbocycles. The number of hydrogen-bond acceptors (Lipinski definition) is 3. The van der Waals surface area contributed by atoms with Gasteiger partial charge < -0.3 is 10.3 Å². The van der Waals surface area contributed by atoms with E-state index in [0.29, 0.717) is 5.95 Å². The lowest BCUT2D eigenvalue weighted by Gasteiger charge is -2.43. The second kappa shape index (κ2) is 3.20. The highest BCUT2D eigenvalue weighted by Crippen LogP contribution is 2.44. The number of imidazole rings is 1. The van der Waals surface area contributed by atoms with Crippen molar-refractivity contribution in [2.45, 2.75) is 38.1 Å². The largest absolute Gasteiger partial charge is 0.369 e. The van der Waals surface area contributed by atoms with Crippen molar-refractivity contribution in [3.8, 4) is 0 Å². The summed E-state index contributed by atoms with van der Waals surface area (Å²) in [4.78, 5) is 8.47. The van der Waals surface area contributed by atoms with Crippen LogP contribution in [-0.2, 0) is 5.54 Å². The summed E-state index contributed by atoms with van der Waals surface area (Å²) in [5.41, 5.74) is 8.28. The summed E-state index contributed by atoms with van der Waals surface area (Å²) in [7, 11) is 0. The van der Waals surface area contributed by atoms with Crippen LogP contribution in [0.25, 0.3) is 11.0 Å². The summed E-state index contributed by atoms with van der Waals surface area (Å²) in [6.07, 6.45) is 8.41. The second-order valence-electron chi connectivity index (χ2n) is 4.60. The van der Waals surface area contributed by atoms with Gasteiger partial charge in [-0.25, -0.2) is 4.98 Å². The predicted molar refractivity (Wildman–Crippen MR) is 64.1 cm³/mol. The Morgan fingerprint density at radius 1 is 1.50 bits per heavy atom. The second-order valence-corrected chi connectivity index (χ2v) is 4.60. The molecule has 0 spiro atoms. The van der Waals surface area contributed by atoms with E-state index in [4.69, 9.17) is 5.73 Å². The highest BCUT2D eigenvalue weighted by atomic mass is 15.2. The zero-order valence-electron chi connectivity index (χ0n) is 9.48. The molecule has 84 valence electrons. The number of hydrogen-bond donors (Lipinski definition) is 1. The van der Waals surface area contributed by atoms with Gasteiger partial charge in [0, 0.05) is 11.7 Å². The molecule has 1 fully saturated rings. The van der Waals surface area contributed by atoms with E-state index in [-0.39, 0.29) is 5.54 Å². The van der Waals surface area contributed by atoms with Crippen LogP contribution in [-0.4, -0.2) is 14.5 Å². The third kappa shape index (κ3) is 1.10. The summed E-state index contributed by atoms with van der Waals surface area (Å²) >= 11 is 0. The number of aromatic nitrogens is 3. The van der Waals surface area contributed by atoms with Crippen LogP contribution in [0.3, 0.4) is 0 Å². The number of nitrogens with two attached hydrogens (primary N) is 1. The Labute approximate surface area is 94.5 Å². The Kier molecular flexibility index (Phi) is 1.93. The lowest BCUT2D eigenvalue weighted by molar-refractivity contribution is 0.144. The Balaban J connectivity index is 2.26. The Bertz CT molecular complexity index is 519. The zero-order valence-corrected chi connectivity index (χ0v) is 9.48. The summed E-state index contributed by atoms with van der Waals surface area (Å²) in [6.45, 7) is 2.23. The van der Waals surface area contributed by atoms with Crippen molar-refractivity contribution in [3.05, 3.63) is 18.5 Å². The smallest absolute Gasteiger partial charge is 0.201 e. The number of fused-ring (bicyclic) bond motifs is 1. The molecular formula is C12H16N4. The van der Waals surface area contributed by atoms with E-state index < -0.39 is 0 Å². The summed E-state index contributed by atoms with van der Waals surface area (Å²) < 4.78 is 2.22. The van der Waals surface area contributed by atoms with Gasteiger partial charge in [0.25, 0.3) is 0 Å². The van der Waals surface area contributed by atoms with Crippen molar-refractivity contribution in [3.63, 3.8) is 0 Å². The SMILES string of the molecule is CCC1(n2c(N)nc3cnccc32)CCC1. The quantitative estimate of drug-likeness (QED) is 0.838. The van der Waals surface area contributed by atoms with E-state index in [2.05, 4.69) is 21.5 Å². The molecule has 3 rings (SSSR count). The molecule has 2 heterocycles. The molecule has 2 aromatic heterocycles. The van der Waals surface area contributed by atoms with Gasteiger partial charge in [-0.1, -0.05) is 6.92 Å². The first-order chi connectivity index (χ1) is 7.77. The first kappa shape index (κ1) is 9.63. The molecule has 4 nitrogen and oxygen atoms in total. The van der Waals surface area contributed by atoms with Gasteiger partial charge in [-0.2, -0.15) is 0 Å². The lowest BCUT2D eigenvalue weighted by Crippen LogP contribution is -2.40. The van der Waals surface area contributed by atoms with Gasteiger partial charge in [0.1, 0.15) is 5.52 Å². The highest BCUT2D eigenvalue weighted by Gasteiger charge is 2.39. The van der Waals surface area contributed by atoms with Crippen molar-refractivity contribution < 1.29 is 0 Å². The predicted octanol–water partition coefficient (Wildman–Crippen LogP) is 2.30. The lowest BCUT2D eigenvalue weighted by atomic mass is 9.74. The van der Waals surface area contributed by atoms with Crippen molar-refractivity contribution in [2.24, 2.45) is 0 Å². The summed E-state index contributed by atoms with van der Waals surface area (Å²) in [6, 6.07) is 2.01. The molecule has 1 aliphatic rings. The van der Waals surface area contributed by atoms with Gasteiger partial charge in [0.15, 0.2) is 0 Å². The van der Waals surface area contributed by atoms with Crippen LogP contribution in [0.2, 0.25) is 0 Å². The molecule has 0 unspecified atom stereocenters. The third-order valence-electron chi connectivity index (χ3n) is 3.90. The monoisotopic (exact) mass is 216 g/mol. The van der Waals surface area contributed by atoms with Gasteiger partial charge in [-0.15, -0.1) is 0 Å². The molecule has 0 radical (unpaired) electrons. The maximum Gasteiger partial charge on any atom is 0.201 e. The number of pyridine rings is 1. The van der Waals surface area contributed by atoms with E-state index in [1.165, 1.54) is 19.3 Å². The molecule has 0 atom stereocenters. The van der Waals surface area contributed by atoms with Gasteiger partial charge in [-0.05, 0) is 31.7 Å². The van der Waals surface area contributed by atoms with E-state index in [1.54, 1.807) is 6.20 Å². The van der Waals surface area contributed by atoms with Gasteiger partial charge in [-0.3, -0.25) is 4.98 Å². The van der Waals surface area contributed by atoms with Gasteiger partial charge in [0.05, 0.1) is 11.7 Å². The van der Waals surface area contributed by atoms with Crippen molar-refractivity contribution in [1.29, 1.82) is 0 Å². The van der Waals surface area contributed by atoms with Gasteiger partial charge in [0.2, 0.25) is 5.95 Å². The first-order valence-corrected chi connectivity index (χ1v) is 5.85. The highest BCUT2D eigenvalue weighted by molar-refractivity contribution is 5.77. The number of rotatable bonds is 2. The van der Waals surface area contributed by atoms with Crippen molar-refractivity contribution >= 4 is 17.0 Å². The third-order valence-corrected chi connectivity index (χ3v) is 3.90. The molecular weight excluding hydrogens is 200 g/mol. The van der Waals surface area contributed by atoms with Crippen LogP contribution < -0.4 is 5.73 Å². The van der Waals surface area contributed by atoms with Crippen LogP contribution in [0.4, 0.5) is 5.95 Å². The minimum Gasteiger partial charge on any atom is -0.369 e. The van der Waals surface area contributed by atoms with E-state index in [0.717, 1.165) is 17.5 Å². The first-order valence-electron chi connectivity index (χ1n) is 5.85. The van der Waals surface area contributed by atoms with Gasteiger partial charge >= 0.3 is 0 Å². The number of anilines is 1. The Morgan fingerprint density at radius 2 is 2.31 bits per heavy atom. The molecule has 0 aliphatic heterocycles. The van der Waals surface area contributed by atoms with Crippen LogP contribution in [0, 0.1) is 0 Å². The topological polar surface area (TPSA) is 56.7 Å². The van der Waals surface area contributed by atoms with Crippen LogP contribution in [0.15, 0.2) is 18.5 Å². The van der Waals surface area contributed by atoms with Crippen LogP contribution in [0.1, 0.15) is 32.6 Å². The fraction of sp³-hybridized carbons (Fsp3) is 0.500. The fourth-order valence-corrected chi connectivity index (χ4v) is 2.77. The standard InChI is InChI=1S/C12H16N4/c1-2-12(5-3-6-12)16-10-4-7-14-8-9(10)15-11(16)13/h4,7-8H,2-3,5-6H2,1H3,(H2,13,15). The van der Waals surface area contributed by atoms with E-state index in [1.807, 2.05) is 12.3 Å². The summed E-state index contributed by atoms with van der Waals surface area (Å²) in [5, 5.41) is 0. The van der Waals surface area contributed by atoms with Crippen LogP contribution >= 0.6 is 0 Å². The number of nitrogen functional groups attached to an aromatic ring is 1. The molecule has 4 heteroatoms. The van der Waals surface area contributed by atoms with Crippen molar-refractivity contribution in [1.82, 2.24) is 14.5 Å². The Hall–Kier alpha value is -1.58. The molecule has 1 saturated carbocycles. The Morgan fingerprint density at radius 3 is 2.94 bits per heavy atom. The van der Waals surface area contributed by atoms with Crippen molar-refractivity contribution in [2.75, 3.05) is 5.73 Å². The molecule has 0 bridgehead atoms. The zero-order chi connectivity index (χ0) is 11.2. The average molecular weight is 216 g/mol. The number of nitrogens with zero attached hydrogens (tertiary/aromatic N) is 3. The molecule has 2 N–H and O–H groups in total. The fourth-order valence-electron chi connectivity index (χ4n) is 2.77. The normalized spacial score (nSPS) is 18.6.